The van der Waals surface area contributed by atoms with Gasteiger partial charge in [0.15, 0.2) is 5.60 Å². The third-order valence-corrected chi connectivity index (χ3v) is 5.61. The van der Waals surface area contributed by atoms with Gasteiger partial charge in [0, 0.05) is 17.7 Å². The maximum atomic E-state index is 6.61. The fraction of sp³-hybridized carbons (Fsp3) is 0.462. The third-order valence-electron chi connectivity index (χ3n) is 5.61. The smallest absolute Gasteiger partial charge is 0.180 e. The Morgan fingerprint density at radius 3 is 2.00 bits per heavy atom. The van der Waals surface area contributed by atoms with E-state index in [0.29, 0.717) is 5.92 Å². The van der Waals surface area contributed by atoms with Crippen LogP contribution in [0.3, 0.4) is 0 Å². The Hall–Kier alpha value is -2.04. The summed E-state index contributed by atoms with van der Waals surface area (Å²) in [5, 5.41) is 0. The first kappa shape index (κ1) is 19.7. The predicted octanol–water partition coefficient (Wildman–Crippen LogP) is 6.80. The summed E-state index contributed by atoms with van der Waals surface area (Å²) in [6.45, 7) is 9.59. The van der Waals surface area contributed by atoms with Crippen molar-refractivity contribution in [1.29, 1.82) is 0 Å². The largest absolute Gasteiger partial charge is 0.354 e. The van der Waals surface area contributed by atoms with Gasteiger partial charge in [-0.3, -0.25) is 0 Å². The van der Waals surface area contributed by atoms with Crippen LogP contribution in [0.1, 0.15) is 64.5 Å². The van der Waals surface area contributed by atoms with Crippen LogP contribution < -0.4 is 0 Å². The highest BCUT2D eigenvalue weighted by atomic mass is 16.5. The molecule has 0 heterocycles. The number of benzene rings is 2. The molecule has 0 spiro atoms. The molecule has 27 heavy (non-hydrogen) atoms. The molecule has 0 amide bonds. The van der Waals surface area contributed by atoms with Gasteiger partial charge in [0.1, 0.15) is 0 Å². The number of fused-ring (bicyclic) bond motifs is 3. The lowest BCUT2D eigenvalue weighted by molar-refractivity contribution is 0.0219. The van der Waals surface area contributed by atoms with Gasteiger partial charge < -0.3 is 4.74 Å². The van der Waals surface area contributed by atoms with E-state index >= 15 is 0 Å². The Labute approximate surface area is 165 Å². The van der Waals surface area contributed by atoms with Gasteiger partial charge in [0.25, 0.3) is 0 Å². The van der Waals surface area contributed by atoms with Crippen LogP contribution in [0.2, 0.25) is 0 Å². The maximum Gasteiger partial charge on any atom is 0.180 e. The molecule has 2 aromatic rings. The van der Waals surface area contributed by atoms with Gasteiger partial charge in [-0.15, -0.1) is 5.92 Å². The lowest BCUT2D eigenvalue weighted by atomic mass is 9.91. The van der Waals surface area contributed by atoms with E-state index in [-0.39, 0.29) is 0 Å². The van der Waals surface area contributed by atoms with E-state index in [1.165, 1.54) is 41.5 Å². The van der Waals surface area contributed by atoms with E-state index in [9.17, 15) is 0 Å². The molecule has 1 aliphatic rings. The van der Waals surface area contributed by atoms with Crippen molar-refractivity contribution in [2.75, 3.05) is 6.61 Å². The van der Waals surface area contributed by atoms with Gasteiger partial charge in [0.2, 0.25) is 0 Å². The second-order valence-electron chi connectivity index (χ2n) is 8.21. The SMILES string of the molecule is CC#CC1(OCCC(C)CCCC(C)C)c2ccccc2-c2ccccc21. The van der Waals surface area contributed by atoms with E-state index in [4.69, 9.17) is 4.74 Å². The van der Waals surface area contributed by atoms with Crippen molar-refractivity contribution in [1.82, 2.24) is 0 Å². The van der Waals surface area contributed by atoms with Crippen molar-refractivity contribution in [3.05, 3.63) is 59.7 Å². The molecule has 1 nitrogen and oxygen atoms in total. The molecular formula is C26H32O. The Morgan fingerprint density at radius 2 is 1.44 bits per heavy atom. The molecule has 3 rings (SSSR count). The van der Waals surface area contributed by atoms with Crippen LogP contribution >= 0.6 is 0 Å². The standard InChI is InChI=1S/C26H32O/c1-5-18-26(27-19-17-21(4)12-10-11-20(2)3)24-15-8-6-13-22(24)23-14-7-9-16-25(23)26/h6-9,13-16,20-21H,10-12,17,19H2,1-4H3. The van der Waals surface area contributed by atoms with Gasteiger partial charge in [-0.1, -0.05) is 94.5 Å². The average Bonchev–Trinajstić information content (AvgIpc) is 2.93. The zero-order valence-corrected chi connectivity index (χ0v) is 17.2. The van der Waals surface area contributed by atoms with Gasteiger partial charge >= 0.3 is 0 Å². The Bertz CT molecular complexity index is 776. The summed E-state index contributed by atoms with van der Waals surface area (Å²) in [6, 6.07) is 17.1. The van der Waals surface area contributed by atoms with Gasteiger partial charge in [-0.2, -0.15) is 0 Å². The quantitative estimate of drug-likeness (QED) is 0.470. The maximum absolute atomic E-state index is 6.61. The van der Waals surface area contributed by atoms with Crippen molar-refractivity contribution in [2.24, 2.45) is 11.8 Å². The number of ether oxygens (including phenoxy) is 1. The van der Waals surface area contributed by atoms with Crippen LogP contribution in [0.25, 0.3) is 11.1 Å². The molecule has 142 valence electrons. The summed E-state index contributed by atoms with van der Waals surface area (Å²) >= 11 is 0. The summed E-state index contributed by atoms with van der Waals surface area (Å²) in [5.74, 6) is 8.05. The summed E-state index contributed by atoms with van der Waals surface area (Å²) in [5.41, 5.74) is 4.25. The van der Waals surface area contributed by atoms with Crippen LogP contribution in [0.4, 0.5) is 0 Å². The number of hydrogen-bond donors (Lipinski definition) is 0. The van der Waals surface area contributed by atoms with Crippen LogP contribution in [-0.4, -0.2) is 6.61 Å². The highest BCUT2D eigenvalue weighted by molar-refractivity contribution is 5.82. The minimum Gasteiger partial charge on any atom is -0.354 e. The minimum atomic E-state index is -0.625. The highest BCUT2D eigenvalue weighted by Crippen LogP contribution is 2.49. The molecule has 1 atom stereocenters. The van der Waals surface area contributed by atoms with Gasteiger partial charge in [-0.25, -0.2) is 0 Å². The lowest BCUT2D eigenvalue weighted by Gasteiger charge is -2.27. The third kappa shape index (κ3) is 4.12. The second-order valence-corrected chi connectivity index (χ2v) is 8.21. The Kier molecular flexibility index (Phi) is 6.40. The number of rotatable bonds is 8. The average molecular weight is 361 g/mol. The zero-order chi connectivity index (χ0) is 19.3. The monoisotopic (exact) mass is 360 g/mol. The lowest BCUT2D eigenvalue weighted by Crippen LogP contribution is -2.28. The molecule has 0 aromatic heterocycles. The molecule has 1 unspecified atom stereocenters. The fourth-order valence-electron chi connectivity index (χ4n) is 4.13. The Morgan fingerprint density at radius 1 is 0.852 bits per heavy atom. The van der Waals surface area contributed by atoms with E-state index in [0.717, 1.165) is 18.9 Å². The van der Waals surface area contributed by atoms with Crippen LogP contribution in [0.5, 0.6) is 0 Å². The zero-order valence-electron chi connectivity index (χ0n) is 17.2. The molecule has 2 aromatic carbocycles. The summed E-state index contributed by atoms with van der Waals surface area (Å²) in [7, 11) is 0. The number of hydrogen-bond acceptors (Lipinski definition) is 1. The molecule has 1 heteroatoms. The molecule has 0 fully saturated rings. The van der Waals surface area contributed by atoms with Crippen molar-refractivity contribution in [3.63, 3.8) is 0 Å². The molecule has 0 radical (unpaired) electrons. The normalized spacial score (nSPS) is 15.0. The molecule has 0 saturated carbocycles. The summed E-state index contributed by atoms with van der Waals surface area (Å²) in [4.78, 5) is 0. The first-order valence-corrected chi connectivity index (χ1v) is 10.4. The van der Waals surface area contributed by atoms with Crippen molar-refractivity contribution >= 4 is 0 Å². The molecular weight excluding hydrogens is 328 g/mol. The van der Waals surface area contributed by atoms with Gasteiger partial charge in [0.05, 0.1) is 0 Å². The highest BCUT2D eigenvalue weighted by Gasteiger charge is 2.42. The molecule has 0 aliphatic heterocycles. The van der Waals surface area contributed by atoms with E-state index in [1.54, 1.807) is 0 Å². The predicted molar refractivity (Wildman–Crippen MR) is 115 cm³/mol. The van der Waals surface area contributed by atoms with E-state index in [1.807, 2.05) is 6.92 Å². The van der Waals surface area contributed by atoms with Crippen molar-refractivity contribution in [2.45, 2.75) is 59.0 Å². The van der Waals surface area contributed by atoms with Crippen molar-refractivity contribution in [3.8, 4) is 23.0 Å². The first-order chi connectivity index (χ1) is 13.1. The van der Waals surface area contributed by atoms with Crippen LogP contribution in [-0.2, 0) is 10.3 Å². The fourth-order valence-corrected chi connectivity index (χ4v) is 4.13. The second kappa shape index (κ2) is 8.77. The minimum absolute atomic E-state index is 0.625. The Balaban J connectivity index is 1.78. The summed E-state index contributed by atoms with van der Waals surface area (Å²) < 4.78 is 6.61. The summed E-state index contributed by atoms with van der Waals surface area (Å²) in [6.07, 6.45) is 4.98. The molecule has 0 saturated heterocycles. The van der Waals surface area contributed by atoms with E-state index < -0.39 is 5.60 Å². The van der Waals surface area contributed by atoms with Gasteiger partial charge in [-0.05, 0) is 36.3 Å². The first-order valence-electron chi connectivity index (χ1n) is 10.4. The van der Waals surface area contributed by atoms with Crippen molar-refractivity contribution < 1.29 is 4.74 Å². The van der Waals surface area contributed by atoms with E-state index in [2.05, 4.69) is 81.1 Å². The van der Waals surface area contributed by atoms with Crippen LogP contribution in [0.15, 0.2) is 48.5 Å². The molecule has 1 aliphatic carbocycles. The topological polar surface area (TPSA) is 9.23 Å². The molecule has 0 bridgehead atoms. The van der Waals surface area contributed by atoms with Crippen LogP contribution in [0, 0.1) is 23.7 Å². The molecule has 0 N–H and O–H groups in total.